The lowest BCUT2D eigenvalue weighted by Gasteiger charge is -2.08. The van der Waals surface area contributed by atoms with Crippen LogP contribution in [0.4, 0.5) is 0 Å². The maximum absolute atomic E-state index is 11.6. The summed E-state index contributed by atoms with van der Waals surface area (Å²) >= 11 is 0. The molecule has 6 nitrogen and oxygen atoms in total. The van der Waals surface area contributed by atoms with Gasteiger partial charge in [-0.25, -0.2) is 4.79 Å². The van der Waals surface area contributed by atoms with Gasteiger partial charge in [0.25, 0.3) is 5.91 Å². The average molecular weight is 300 g/mol. The number of hydrogen-bond donors (Lipinski definition) is 1. The molecule has 1 aromatic heterocycles. The van der Waals surface area contributed by atoms with Crippen molar-refractivity contribution in [2.24, 2.45) is 0 Å². The number of hydrogen-bond acceptors (Lipinski definition) is 5. The van der Waals surface area contributed by atoms with Gasteiger partial charge in [0.2, 0.25) is 0 Å². The summed E-state index contributed by atoms with van der Waals surface area (Å²) in [6.07, 6.45) is 2.97. The summed E-state index contributed by atoms with van der Waals surface area (Å²) in [5, 5.41) is 2.61. The predicted molar refractivity (Wildman–Crippen MR) is 79.5 cm³/mol. The van der Waals surface area contributed by atoms with Crippen LogP contribution in [-0.4, -0.2) is 36.6 Å². The zero-order valence-corrected chi connectivity index (χ0v) is 11.9. The molecule has 0 spiro atoms. The van der Waals surface area contributed by atoms with Crippen molar-refractivity contribution in [3.63, 3.8) is 0 Å². The highest BCUT2D eigenvalue weighted by Gasteiger charge is 2.09. The number of ether oxygens (including phenoxy) is 2. The number of nitrogens with one attached hydrogen (secondary N) is 1. The lowest BCUT2D eigenvalue weighted by atomic mass is 10.3. The van der Waals surface area contributed by atoms with Gasteiger partial charge in [-0.1, -0.05) is 18.2 Å². The molecule has 0 radical (unpaired) electrons. The number of rotatable bonds is 7. The number of nitrogens with zero attached hydrogens (tertiary/aromatic N) is 1. The Morgan fingerprint density at radius 3 is 2.50 bits per heavy atom. The summed E-state index contributed by atoms with van der Waals surface area (Å²) in [5.74, 6) is -0.196. The highest BCUT2D eigenvalue weighted by atomic mass is 16.5. The molecule has 2 aromatic rings. The van der Waals surface area contributed by atoms with Gasteiger partial charge in [-0.05, 0) is 24.3 Å². The molecule has 0 aliphatic carbocycles. The van der Waals surface area contributed by atoms with Gasteiger partial charge in [-0.2, -0.15) is 0 Å². The van der Waals surface area contributed by atoms with Gasteiger partial charge in [-0.15, -0.1) is 0 Å². The second kappa shape index (κ2) is 8.41. The van der Waals surface area contributed by atoms with Crippen molar-refractivity contribution in [2.45, 2.75) is 0 Å². The molecule has 6 heteroatoms. The first kappa shape index (κ1) is 15.5. The monoisotopic (exact) mass is 300 g/mol. The van der Waals surface area contributed by atoms with E-state index in [1.807, 2.05) is 30.3 Å². The van der Waals surface area contributed by atoms with E-state index in [-0.39, 0.29) is 12.5 Å². The van der Waals surface area contributed by atoms with Crippen LogP contribution in [0.1, 0.15) is 10.4 Å². The van der Waals surface area contributed by atoms with Crippen LogP contribution in [0.3, 0.4) is 0 Å². The third-order valence-corrected chi connectivity index (χ3v) is 2.69. The lowest BCUT2D eigenvalue weighted by molar-refractivity contribution is -0.124. The van der Waals surface area contributed by atoms with Gasteiger partial charge in [0.15, 0.2) is 6.61 Å². The Labute approximate surface area is 128 Å². The van der Waals surface area contributed by atoms with Crippen LogP contribution < -0.4 is 10.1 Å². The van der Waals surface area contributed by atoms with Gasteiger partial charge in [0.05, 0.1) is 12.1 Å². The summed E-state index contributed by atoms with van der Waals surface area (Å²) < 4.78 is 10.3. The molecule has 114 valence electrons. The molecular formula is C16H16N2O4. The maximum Gasteiger partial charge on any atom is 0.338 e. The molecule has 1 heterocycles. The lowest BCUT2D eigenvalue weighted by Crippen LogP contribution is -2.32. The summed E-state index contributed by atoms with van der Waals surface area (Å²) in [6.45, 7) is 0.348. The molecule has 2 rings (SSSR count). The number of pyridine rings is 1. The highest BCUT2D eigenvalue weighted by molar-refractivity contribution is 5.91. The first-order chi connectivity index (χ1) is 10.8. The maximum atomic E-state index is 11.6. The van der Waals surface area contributed by atoms with Crippen LogP contribution in [0.25, 0.3) is 0 Å². The van der Waals surface area contributed by atoms with Crippen LogP contribution in [0.5, 0.6) is 5.75 Å². The van der Waals surface area contributed by atoms with Crippen molar-refractivity contribution in [2.75, 3.05) is 19.8 Å². The van der Waals surface area contributed by atoms with E-state index in [1.165, 1.54) is 24.5 Å². The van der Waals surface area contributed by atoms with Crippen molar-refractivity contribution in [3.8, 4) is 5.75 Å². The second-order valence-corrected chi connectivity index (χ2v) is 4.32. The normalized spacial score (nSPS) is 9.82. The number of esters is 1. The fourth-order valence-corrected chi connectivity index (χ4v) is 1.63. The number of carbonyl (C=O) groups excluding carboxylic acids is 2. The molecule has 0 aliphatic heterocycles. The van der Waals surface area contributed by atoms with Crippen molar-refractivity contribution in [3.05, 3.63) is 60.4 Å². The minimum absolute atomic E-state index is 0.327. The molecule has 0 atom stereocenters. The molecule has 0 bridgehead atoms. The van der Waals surface area contributed by atoms with Crippen LogP contribution >= 0.6 is 0 Å². The van der Waals surface area contributed by atoms with Gasteiger partial charge in [0.1, 0.15) is 12.4 Å². The van der Waals surface area contributed by atoms with E-state index < -0.39 is 5.97 Å². The Morgan fingerprint density at radius 1 is 1.05 bits per heavy atom. The standard InChI is InChI=1S/C16H16N2O4/c19-15(12-22-16(20)13-6-8-17-9-7-13)18-10-11-21-14-4-2-1-3-5-14/h1-9H,10-12H2,(H,18,19). The number of para-hydroxylation sites is 1. The van der Waals surface area contributed by atoms with E-state index in [4.69, 9.17) is 9.47 Å². The molecule has 1 N–H and O–H groups in total. The summed E-state index contributed by atoms with van der Waals surface area (Å²) in [7, 11) is 0. The Bertz CT molecular complexity index is 602. The fraction of sp³-hybridized carbons (Fsp3) is 0.188. The molecule has 0 saturated carbocycles. The molecule has 0 unspecified atom stereocenters. The summed E-state index contributed by atoms with van der Waals surface area (Å²) in [6, 6.07) is 12.3. The second-order valence-electron chi connectivity index (χ2n) is 4.32. The fourth-order valence-electron chi connectivity index (χ4n) is 1.63. The van der Waals surface area contributed by atoms with Gasteiger partial charge >= 0.3 is 5.97 Å². The number of benzene rings is 1. The molecule has 0 aliphatic rings. The Balaban J connectivity index is 1.61. The number of aromatic nitrogens is 1. The van der Waals surface area contributed by atoms with Crippen molar-refractivity contribution < 1.29 is 19.1 Å². The zero-order chi connectivity index (χ0) is 15.6. The predicted octanol–water partition coefficient (Wildman–Crippen LogP) is 1.43. The number of carbonyl (C=O) groups is 2. The van der Waals surface area contributed by atoms with Crippen LogP contribution in [0.2, 0.25) is 0 Å². The largest absolute Gasteiger partial charge is 0.492 e. The van der Waals surface area contributed by atoms with Gasteiger partial charge in [-0.3, -0.25) is 9.78 Å². The van der Waals surface area contributed by atoms with E-state index in [0.29, 0.717) is 18.7 Å². The minimum Gasteiger partial charge on any atom is -0.492 e. The Morgan fingerprint density at radius 2 is 1.77 bits per heavy atom. The van der Waals surface area contributed by atoms with Crippen LogP contribution in [0.15, 0.2) is 54.9 Å². The van der Waals surface area contributed by atoms with Crippen LogP contribution in [0, 0.1) is 0 Å². The first-order valence-electron chi connectivity index (χ1n) is 6.77. The Hall–Kier alpha value is -2.89. The van der Waals surface area contributed by atoms with Crippen LogP contribution in [-0.2, 0) is 9.53 Å². The number of amides is 1. The van der Waals surface area contributed by atoms with Crippen molar-refractivity contribution >= 4 is 11.9 Å². The van der Waals surface area contributed by atoms with E-state index in [0.717, 1.165) is 5.75 Å². The molecular weight excluding hydrogens is 284 g/mol. The topological polar surface area (TPSA) is 77.5 Å². The van der Waals surface area contributed by atoms with Gasteiger partial charge < -0.3 is 14.8 Å². The molecule has 1 aromatic carbocycles. The molecule has 1 amide bonds. The Kier molecular flexibility index (Phi) is 5.92. The van der Waals surface area contributed by atoms with E-state index >= 15 is 0 Å². The third kappa shape index (κ3) is 5.24. The molecule has 22 heavy (non-hydrogen) atoms. The van der Waals surface area contributed by atoms with E-state index in [9.17, 15) is 9.59 Å². The highest BCUT2D eigenvalue weighted by Crippen LogP contribution is 2.07. The molecule has 0 fully saturated rings. The van der Waals surface area contributed by atoms with E-state index in [2.05, 4.69) is 10.3 Å². The summed E-state index contributed by atoms with van der Waals surface area (Å²) in [5.41, 5.74) is 0.357. The zero-order valence-electron chi connectivity index (χ0n) is 11.9. The quantitative estimate of drug-likeness (QED) is 0.618. The third-order valence-electron chi connectivity index (χ3n) is 2.69. The smallest absolute Gasteiger partial charge is 0.338 e. The summed E-state index contributed by atoms with van der Waals surface area (Å²) in [4.78, 5) is 26.9. The average Bonchev–Trinajstić information content (AvgIpc) is 2.58. The first-order valence-corrected chi connectivity index (χ1v) is 6.77. The van der Waals surface area contributed by atoms with Crippen molar-refractivity contribution in [1.29, 1.82) is 0 Å². The van der Waals surface area contributed by atoms with Gasteiger partial charge in [0, 0.05) is 12.4 Å². The minimum atomic E-state index is -0.557. The molecule has 0 saturated heterocycles. The van der Waals surface area contributed by atoms with Crippen molar-refractivity contribution in [1.82, 2.24) is 10.3 Å². The SMILES string of the molecule is O=C(COC(=O)c1ccncc1)NCCOc1ccccc1. The van der Waals surface area contributed by atoms with E-state index in [1.54, 1.807) is 0 Å².